The third kappa shape index (κ3) is 1.89. The fourth-order valence-electron chi connectivity index (χ4n) is 0.957. The summed E-state index contributed by atoms with van der Waals surface area (Å²) in [4.78, 5) is 0.826. The van der Waals surface area contributed by atoms with Crippen LogP contribution in [0.2, 0.25) is 0 Å². The standard InChI is InChI=1S/C8H12N2OS/c1-3-5-6-8(7(11)4-2)12-10-9-6/h4,7,11H,2-3,5H2,1H3. The van der Waals surface area contributed by atoms with E-state index in [2.05, 4.69) is 23.1 Å². The topological polar surface area (TPSA) is 46.0 Å². The second kappa shape index (κ2) is 4.33. The minimum atomic E-state index is -0.605. The lowest BCUT2D eigenvalue weighted by molar-refractivity contribution is 0.231. The summed E-state index contributed by atoms with van der Waals surface area (Å²) in [6.45, 7) is 5.59. The van der Waals surface area contributed by atoms with Crippen LogP contribution in [0.4, 0.5) is 0 Å². The third-order valence-electron chi connectivity index (χ3n) is 1.56. The van der Waals surface area contributed by atoms with Gasteiger partial charge in [-0.05, 0) is 18.0 Å². The number of rotatable bonds is 4. The van der Waals surface area contributed by atoms with Gasteiger partial charge < -0.3 is 5.11 Å². The number of aromatic nitrogens is 2. The van der Waals surface area contributed by atoms with E-state index in [1.807, 2.05) is 0 Å². The molecule has 0 amide bonds. The molecular formula is C8H12N2OS. The van der Waals surface area contributed by atoms with Gasteiger partial charge in [0.2, 0.25) is 0 Å². The molecule has 0 fully saturated rings. The Labute approximate surface area is 75.9 Å². The molecule has 1 heterocycles. The first-order chi connectivity index (χ1) is 5.79. The van der Waals surface area contributed by atoms with Crippen LogP contribution < -0.4 is 0 Å². The highest BCUT2D eigenvalue weighted by atomic mass is 32.1. The van der Waals surface area contributed by atoms with Gasteiger partial charge in [0.1, 0.15) is 6.10 Å². The van der Waals surface area contributed by atoms with Crippen LogP contribution in [0.25, 0.3) is 0 Å². The molecule has 0 aliphatic heterocycles. The van der Waals surface area contributed by atoms with E-state index in [4.69, 9.17) is 0 Å². The van der Waals surface area contributed by atoms with Crippen LogP contribution in [0.3, 0.4) is 0 Å². The first-order valence-corrected chi connectivity index (χ1v) is 4.68. The Morgan fingerprint density at radius 3 is 3.08 bits per heavy atom. The van der Waals surface area contributed by atoms with E-state index in [1.165, 1.54) is 17.6 Å². The monoisotopic (exact) mass is 184 g/mol. The third-order valence-corrected chi connectivity index (χ3v) is 2.40. The zero-order valence-corrected chi connectivity index (χ0v) is 7.84. The second-order valence-corrected chi connectivity index (χ2v) is 3.30. The van der Waals surface area contributed by atoms with Crippen LogP contribution in [-0.4, -0.2) is 14.7 Å². The first-order valence-electron chi connectivity index (χ1n) is 3.91. The van der Waals surface area contributed by atoms with Crippen molar-refractivity contribution in [1.82, 2.24) is 9.59 Å². The van der Waals surface area contributed by atoms with Crippen molar-refractivity contribution in [3.05, 3.63) is 23.2 Å². The summed E-state index contributed by atoms with van der Waals surface area (Å²) in [5, 5.41) is 13.4. The van der Waals surface area contributed by atoms with Gasteiger partial charge in [-0.15, -0.1) is 11.7 Å². The zero-order chi connectivity index (χ0) is 8.97. The number of aliphatic hydroxyl groups excluding tert-OH is 1. The lowest BCUT2D eigenvalue weighted by Crippen LogP contribution is -1.95. The molecule has 3 nitrogen and oxygen atoms in total. The minimum Gasteiger partial charge on any atom is -0.383 e. The lowest BCUT2D eigenvalue weighted by atomic mass is 10.2. The van der Waals surface area contributed by atoms with Gasteiger partial charge in [0.25, 0.3) is 0 Å². The van der Waals surface area contributed by atoms with Gasteiger partial charge in [-0.25, -0.2) is 0 Å². The van der Waals surface area contributed by atoms with Gasteiger partial charge in [0.15, 0.2) is 0 Å². The van der Waals surface area contributed by atoms with E-state index >= 15 is 0 Å². The number of aliphatic hydroxyl groups is 1. The van der Waals surface area contributed by atoms with Gasteiger partial charge in [-0.3, -0.25) is 0 Å². The molecule has 0 saturated heterocycles. The molecule has 66 valence electrons. The second-order valence-electron chi connectivity index (χ2n) is 2.51. The van der Waals surface area contributed by atoms with E-state index < -0.39 is 6.10 Å². The average Bonchev–Trinajstić information content (AvgIpc) is 2.52. The number of nitrogens with zero attached hydrogens (tertiary/aromatic N) is 2. The molecule has 1 atom stereocenters. The van der Waals surface area contributed by atoms with Crippen LogP contribution in [0.15, 0.2) is 12.7 Å². The summed E-state index contributed by atoms with van der Waals surface area (Å²) in [7, 11) is 0. The summed E-state index contributed by atoms with van der Waals surface area (Å²) in [6, 6.07) is 0. The molecule has 0 spiro atoms. The van der Waals surface area contributed by atoms with Gasteiger partial charge in [0, 0.05) is 0 Å². The maximum absolute atomic E-state index is 9.44. The predicted octanol–water partition coefficient (Wildman–Crippen LogP) is 1.71. The molecule has 1 unspecified atom stereocenters. The van der Waals surface area contributed by atoms with Gasteiger partial charge in [0.05, 0.1) is 10.6 Å². The minimum absolute atomic E-state index is 0.605. The van der Waals surface area contributed by atoms with E-state index in [-0.39, 0.29) is 0 Å². The maximum Gasteiger partial charge on any atom is 0.110 e. The SMILES string of the molecule is C=CC(O)c1snnc1CCC. The Morgan fingerprint density at radius 1 is 1.75 bits per heavy atom. The Hall–Kier alpha value is -0.740. The van der Waals surface area contributed by atoms with Crippen molar-refractivity contribution in [3.8, 4) is 0 Å². The molecule has 0 radical (unpaired) electrons. The zero-order valence-electron chi connectivity index (χ0n) is 7.03. The highest BCUT2D eigenvalue weighted by Crippen LogP contribution is 2.21. The largest absolute Gasteiger partial charge is 0.383 e. The van der Waals surface area contributed by atoms with Crippen molar-refractivity contribution in [2.45, 2.75) is 25.9 Å². The molecule has 0 aliphatic rings. The highest BCUT2D eigenvalue weighted by molar-refractivity contribution is 7.05. The van der Waals surface area contributed by atoms with Crippen molar-refractivity contribution in [2.24, 2.45) is 0 Å². The molecule has 1 aromatic rings. The van der Waals surface area contributed by atoms with Crippen LogP contribution in [0, 0.1) is 0 Å². The van der Waals surface area contributed by atoms with E-state index in [1.54, 1.807) is 0 Å². The van der Waals surface area contributed by atoms with E-state index in [0.717, 1.165) is 23.4 Å². The Morgan fingerprint density at radius 2 is 2.50 bits per heavy atom. The summed E-state index contributed by atoms with van der Waals surface area (Å²) >= 11 is 1.24. The van der Waals surface area contributed by atoms with Gasteiger partial charge >= 0.3 is 0 Å². The molecule has 4 heteroatoms. The van der Waals surface area contributed by atoms with Crippen LogP contribution in [-0.2, 0) is 6.42 Å². The maximum atomic E-state index is 9.44. The number of aryl methyl sites for hydroxylation is 1. The molecule has 0 saturated carbocycles. The summed E-state index contributed by atoms with van der Waals surface area (Å²) in [6.07, 6.45) is 2.78. The van der Waals surface area contributed by atoms with Crippen molar-refractivity contribution >= 4 is 11.5 Å². The molecule has 1 N–H and O–H groups in total. The fourth-order valence-corrected chi connectivity index (χ4v) is 1.64. The van der Waals surface area contributed by atoms with Gasteiger partial charge in [-0.2, -0.15) is 0 Å². The quantitative estimate of drug-likeness (QED) is 0.724. The molecule has 0 aromatic carbocycles. The molecule has 0 bridgehead atoms. The normalized spacial score (nSPS) is 12.8. The summed E-state index contributed by atoms with van der Waals surface area (Å²) in [5.74, 6) is 0. The van der Waals surface area contributed by atoms with Gasteiger partial charge in [-0.1, -0.05) is 23.9 Å². The number of hydrogen-bond donors (Lipinski definition) is 1. The molecule has 12 heavy (non-hydrogen) atoms. The van der Waals surface area contributed by atoms with Crippen molar-refractivity contribution in [1.29, 1.82) is 0 Å². The lowest BCUT2D eigenvalue weighted by Gasteiger charge is -2.01. The van der Waals surface area contributed by atoms with E-state index in [0.29, 0.717) is 0 Å². The number of hydrogen-bond acceptors (Lipinski definition) is 4. The Balaban J connectivity index is 2.82. The molecule has 0 aliphatic carbocycles. The Bertz CT molecular complexity index is 259. The van der Waals surface area contributed by atoms with Crippen molar-refractivity contribution in [2.75, 3.05) is 0 Å². The van der Waals surface area contributed by atoms with Crippen LogP contribution in [0.5, 0.6) is 0 Å². The van der Waals surface area contributed by atoms with Crippen LogP contribution in [0.1, 0.15) is 30.0 Å². The first kappa shape index (κ1) is 9.35. The Kier molecular flexibility index (Phi) is 3.37. The van der Waals surface area contributed by atoms with Crippen molar-refractivity contribution in [3.63, 3.8) is 0 Å². The molecule has 1 aromatic heterocycles. The van der Waals surface area contributed by atoms with E-state index in [9.17, 15) is 5.11 Å². The predicted molar refractivity (Wildman–Crippen MR) is 49.1 cm³/mol. The van der Waals surface area contributed by atoms with Crippen molar-refractivity contribution < 1.29 is 5.11 Å². The molecule has 1 rings (SSSR count). The summed E-state index contributed by atoms with van der Waals surface area (Å²) < 4.78 is 3.79. The highest BCUT2D eigenvalue weighted by Gasteiger charge is 2.12. The summed E-state index contributed by atoms with van der Waals surface area (Å²) in [5.41, 5.74) is 0.898. The smallest absolute Gasteiger partial charge is 0.110 e. The average molecular weight is 184 g/mol. The molecular weight excluding hydrogens is 172 g/mol. The fraction of sp³-hybridized carbons (Fsp3) is 0.500. The van der Waals surface area contributed by atoms with Crippen LogP contribution >= 0.6 is 11.5 Å².